The summed E-state index contributed by atoms with van der Waals surface area (Å²) in [5.41, 5.74) is 4.88. The van der Waals surface area contributed by atoms with Gasteiger partial charge in [-0.15, -0.1) is 0 Å². The van der Waals surface area contributed by atoms with Gasteiger partial charge in [-0.25, -0.2) is 8.78 Å². The molecule has 1 aliphatic heterocycles. The van der Waals surface area contributed by atoms with Crippen LogP contribution in [0, 0.1) is 0 Å². The molecule has 1 amide bonds. The fourth-order valence-corrected chi connectivity index (χ4v) is 5.34. The molecule has 0 saturated carbocycles. The van der Waals surface area contributed by atoms with Gasteiger partial charge in [0.2, 0.25) is 11.9 Å². The van der Waals surface area contributed by atoms with E-state index in [2.05, 4.69) is 36.2 Å². The Balaban J connectivity index is 1.33. The minimum atomic E-state index is -1.05. The summed E-state index contributed by atoms with van der Waals surface area (Å²) in [7, 11) is 0. The molecule has 3 aromatic heterocycles. The number of aromatic nitrogens is 5. The SMILES string of the molecule is C=C(F)C(=O)Nc1ccc2c(-c3ccccc3CNc3nc(N4CCC(F)CC4)nc4c(C(C)C)cnn34)nccc2c1. The molecule has 220 valence electrons. The summed E-state index contributed by atoms with van der Waals surface area (Å²) in [5, 5.41) is 12.3. The van der Waals surface area contributed by atoms with E-state index in [0.717, 1.165) is 38.8 Å². The van der Waals surface area contributed by atoms with Gasteiger partial charge in [0.05, 0.1) is 11.9 Å². The Kier molecular flexibility index (Phi) is 7.71. The lowest BCUT2D eigenvalue weighted by atomic mass is 9.99. The first-order valence-corrected chi connectivity index (χ1v) is 14.3. The number of anilines is 3. The topological polar surface area (TPSA) is 100 Å². The number of alkyl halides is 1. The van der Waals surface area contributed by atoms with Crippen LogP contribution in [-0.2, 0) is 11.3 Å². The van der Waals surface area contributed by atoms with Crippen LogP contribution in [0.1, 0.15) is 43.7 Å². The number of hydrogen-bond donors (Lipinski definition) is 2. The molecular formula is C32H32F2N8O. The molecule has 0 unspecified atom stereocenters. The quantitative estimate of drug-likeness (QED) is 0.203. The molecule has 1 fully saturated rings. The molecule has 9 nitrogen and oxygen atoms in total. The maximum Gasteiger partial charge on any atom is 0.283 e. The predicted molar refractivity (Wildman–Crippen MR) is 165 cm³/mol. The second-order valence-corrected chi connectivity index (χ2v) is 11.0. The molecule has 0 atom stereocenters. The van der Waals surface area contributed by atoms with Crippen molar-refractivity contribution < 1.29 is 13.6 Å². The van der Waals surface area contributed by atoms with Gasteiger partial charge in [0.1, 0.15) is 6.17 Å². The average molecular weight is 583 g/mol. The van der Waals surface area contributed by atoms with Crippen molar-refractivity contribution in [2.45, 2.75) is 45.3 Å². The zero-order valence-electron chi connectivity index (χ0n) is 24.0. The number of piperidine rings is 1. The fraction of sp³-hybridized carbons (Fsp3) is 0.281. The van der Waals surface area contributed by atoms with E-state index in [1.165, 1.54) is 0 Å². The summed E-state index contributed by atoms with van der Waals surface area (Å²) >= 11 is 0. The first-order chi connectivity index (χ1) is 20.8. The Morgan fingerprint density at radius 3 is 2.67 bits per heavy atom. The van der Waals surface area contributed by atoms with Crippen molar-refractivity contribution >= 4 is 39.9 Å². The first kappa shape index (κ1) is 28.2. The Bertz CT molecular complexity index is 1830. The third-order valence-electron chi connectivity index (χ3n) is 7.69. The zero-order valence-corrected chi connectivity index (χ0v) is 24.0. The molecule has 0 radical (unpaired) electrons. The summed E-state index contributed by atoms with van der Waals surface area (Å²) < 4.78 is 28.8. The lowest BCUT2D eigenvalue weighted by molar-refractivity contribution is -0.114. The molecule has 1 saturated heterocycles. The number of pyridine rings is 1. The molecule has 4 heterocycles. The van der Waals surface area contributed by atoms with Gasteiger partial charge in [-0.3, -0.25) is 9.78 Å². The molecule has 6 rings (SSSR count). The highest BCUT2D eigenvalue weighted by atomic mass is 19.1. The van der Waals surface area contributed by atoms with Crippen LogP contribution in [-0.4, -0.2) is 49.7 Å². The van der Waals surface area contributed by atoms with Crippen molar-refractivity contribution in [3.05, 3.63) is 84.5 Å². The number of hydrogen-bond acceptors (Lipinski definition) is 7. The second kappa shape index (κ2) is 11.7. The number of amides is 1. The number of rotatable bonds is 8. The lowest BCUT2D eigenvalue weighted by Crippen LogP contribution is -2.35. The molecule has 0 aliphatic carbocycles. The number of nitrogens with one attached hydrogen (secondary N) is 2. The molecule has 5 aromatic rings. The van der Waals surface area contributed by atoms with Crippen molar-refractivity contribution in [2.75, 3.05) is 28.6 Å². The average Bonchev–Trinajstić information content (AvgIpc) is 3.45. The van der Waals surface area contributed by atoms with Crippen LogP contribution in [0.3, 0.4) is 0 Å². The van der Waals surface area contributed by atoms with E-state index in [4.69, 9.17) is 15.0 Å². The zero-order chi connectivity index (χ0) is 30.1. The first-order valence-electron chi connectivity index (χ1n) is 14.3. The Hall–Kier alpha value is -4.93. The van der Waals surface area contributed by atoms with Crippen LogP contribution >= 0.6 is 0 Å². The highest BCUT2D eigenvalue weighted by Gasteiger charge is 2.23. The molecule has 1 aliphatic rings. The number of carbonyl (C=O) groups excluding carboxylic acids is 1. The van der Waals surface area contributed by atoms with E-state index in [-0.39, 0.29) is 5.92 Å². The summed E-state index contributed by atoms with van der Waals surface area (Å²) in [5.74, 6) is -0.605. The van der Waals surface area contributed by atoms with E-state index < -0.39 is 17.9 Å². The molecule has 2 aromatic carbocycles. The highest BCUT2D eigenvalue weighted by Crippen LogP contribution is 2.32. The van der Waals surface area contributed by atoms with Crippen LogP contribution in [0.15, 0.2) is 73.3 Å². The van der Waals surface area contributed by atoms with Gasteiger partial charge in [-0.05, 0) is 47.9 Å². The number of nitrogens with zero attached hydrogens (tertiary/aromatic N) is 6. The van der Waals surface area contributed by atoms with Crippen molar-refractivity contribution in [3.63, 3.8) is 0 Å². The predicted octanol–water partition coefficient (Wildman–Crippen LogP) is 6.44. The maximum atomic E-state index is 13.9. The van der Waals surface area contributed by atoms with Crippen molar-refractivity contribution in [3.8, 4) is 11.3 Å². The second-order valence-electron chi connectivity index (χ2n) is 11.0. The molecule has 2 N–H and O–H groups in total. The smallest absolute Gasteiger partial charge is 0.283 e. The number of halogens is 2. The van der Waals surface area contributed by atoms with E-state index in [1.807, 2.05) is 47.5 Å². The Morgan fingerprint density at radius 1 is 1.12 bits per heavy atom. The van der Waals surface area contributed by atoms with Crippen molar-refractivity contribution in [1.29, 1.82) is 0 Å². The lowest BCUT2D eigenvalue weighted by Gasteiger charge is -2.29. The molecule has 11 heteroatoms. The molecular weight excluding hydrogens is 550 g/mol. The molecule has 43 heavy (non-hydrogen) atoms. The third kappa shape index (κ3) is 5.75. The van der Waals surface area contributed by atoms with Crippen LogP contribution in [0.2, 0.25) is 0 Å². The van der Waals surface area contributed by atoms with Crippen LogP contribution in [0.25, 0.3) is 27.7 Å². The fourth-order valence-electron chi connectivity index (χ4n) is 5.34. The van der Waals surface area contributed by atoms with Gasteiger partial charge in [-0.2, -0.15) is 19.6 Å². The van der Waals surface area contributed by atoms with E-state index in [0.29, 0.717) is 50.1 Å². The third-order valence-corrected chi connectivity index (χ3v) is 7.69. The van der Waals surface area contributed by atoms with Crippen LogP contribution in [0.4, 0.5) is 26.4 Å². The maximum absolute atomic E-state index is 13.9. The van der Waals surface area contributed by atoms with Crippen molar-refractivity contribution in [2.24, 2.45) is 0 Å². The van der Waals surface area contributed by atoms with Crippen LogP contribution in [0.5, 0.6) is 0 Å². The van der Waals surface area contributed by atoms with E-state index in [1.54, 1.807) is 22.8 Å². The monoisotopic (exact) mass is 582 g/mol. The summed E-state index contributed by atoms with van der Waals surface area (Å²) in [6, 6.07) is 15.1. The van der Waals surface area contributed by atoms with Gasteiger partial charge in [0.25, 0.3) is 5.91 Å². The molecule has 0 spiro atoms. The summed E-state index contributed by atoms with van der Waals surface area (Å²) in [6.07, 6.45) is 3.65. The van der Waals surface area contributed by atoms with E-state index >= 15 is 0 Å². The van der Waals surface area contributed by atoms with Crippen LogP contribution < -0.4 is 15.5 Å². The minimum Gasteiger partial charge on any atom is -0.350 e. The largest absolute Gasteiger partial charge is 0.350 e. The van der Waals surface area contributed by atoms with Gasteiger partial charge in [0.15, 0.2) is 11.5 Å². The Morgan fingerprint density at radius 2 is 1.91 bits per heavy atom. The highest BCUT2D eigenvalue weighted by molar-refractivity contribution is 6.04. The van der Waals surface area contributed by atoms with Gasteiger partial charge < -0.3 is 15.5 Å². The minimum absolute atomic E-state index is 0.215. The van der Waals surface area contributed by atoms with Gasteiger partial charge in [0, 0.05) is 48.0 Å². The Labute approximate surface area is 247 Å². The summed E-state index contributed by atoms with van der Waals surface area (Å²) in [6.45, 7) is 8.80. The number of carbonyl (C=O) groups is 1. The van der Waals surface area contributed by atoms with Gasteiger partial charge in [-0.1, -0.05) is 50.8 Å². The standard InChI is InChI=1S/C32H32F2N8O/c1-19(2)27-18-37-42-29(27)39-32(41-14-11-23(34)12-15-41)40-31(42)36-17-22-6-4-5-7-25(22)28-26-9-8-24(38-30(43)20(3)33)16-21(26)10-13-35-28/h4-10,13,16,18-19,23H,3,11-12,14-15,17H2,1-2H3,(H,38,43)(H,36,39,40). The summed E-state index contributed by atoms with van der Waals surface area (Å²) in [4.78, 5) is 28.2. The van der Waals surface area contributed by atoms with E-state index in [9.17, 15) is 13.6 Å². The number of fused-ring (bicyclic) bond motifs is 2. The normalized spacial score (nSPS) is 14.0. The molecule has 0 bridgehead atoms. The van der Waals surface area contributed by atoms with Crippen molar-refractivity contribution in [1.82, 2.24) is 24.6 Å². The number of benzene rings is 2. The van der Waals surface area contributed by atoms with Gasteiger partial charge >= 0.3 is 0 Å².